The molecule has 0 aliphatic carbocycles. The van der Waals surface area contributed by atoms with Gasteiger partial charge in [-0.1, -0.05) is 30.7 Å². The number of rotatable bonds is 4. The fraction of sp³-hybridized carbons (Fsp3) is 0.200. The van der Waals surface area contributed by atoms with Crippen LogP contribution in [-0.2, 0) is 0 Å². The fourth-order valence-electron chi connectivity index (χ4n) is 2.03. The molecule has 0 radical (unpaired) electrons. The summed E-state index contributed by atoms with van der Waals surface area (Å²) >= 11 is 9.23. The van der Waals surface area contributed by atoms with Crippen molar-refractivity contribution in [3.05, 3.63) is 68.7 Å². The molecule has 0 aromatic heterocycles. The van der Waals surface area contributed by atoms with Crippen LogP contribution in [0.3, 0.4) is 0 Å². The van der Waals surface area contributed by atoms with E-state index in [0.717, 1.165) is 5.56 Å². The Bertz CT molecular complexity index is 602. The van der Waals surface area contributed by atoms with Gasteiger partial charge >= 0.3 is 0 Å². The van der Waals surface area contributed by atoms with Crippen molar-refractivity contribution in [2.45, 2.75) is 13.0 Å². The van der Waals surface area contributed by atoms with Crippen LogP contribution in [0.2, 0.25) is 5.02 Å². The molecule has 1 unspecified atom stereocenters. The minimum Gasteiger partial charge on any atom is -0.306 e. The van der Waals surface area contributed by atoms with Crippen molar-refractivity contribution in [1.82, 2.24) is 5.32 Å². The zero-order valence-electron chi connectivity index (χ0n) is 10.8. The molecule has 0 fully saturated rings. The fourth-order valence-corrected chi connectivity index (χ4v) is 2.51. The van der Waals surface area contributed by atoms with Crippen molar-refractivity contribution in [1.29, 1.82) is 0 Å². The maximum atomic E-state index is 14.2. The van der Waals surface area contributed by atoms with E-state index in [1.807, 2.05) is 6.92 Å². The van der Waals surface area contributed by atoms with E-state index in [4.69, 9.17) is 11.6 Å². The summed E-state index contributed by atoms with van der Waals surface area (Å²) in [4.78, 5) is 0. The number of hydrogen-bond acceptors (Lipinski definition) is 1. The van der Waals surface area contributed by atoms with E-state index in [1.165, 1.54) is 18.2 Å². The summed E-state index contributed by atoms with van der Waals surface area (Å²) in [6.45, 7) is 2.57. The number of hydrogen-bond donors (Lipinski definition) is 1. The minimum atomic E-state index is -0.369. The normalized spacial score (nSPS) is 12.4. The van der Waals surface area contributed by atoms with Gasteiger partial charge in [-0.15, -0.1) is 0 Å². The summed E-state index contributed by atoms with van der Waals surface area (Å²) in [6, 6.07) is 8.54. The average molecular weight is 361 g/mol. The van der Waals surface area contributed by atoms with Crippen LogP contribution < -0.4 is 5.32 Å². The Morgan fingerprint density at radius 1 is 1.20 bits per heavy atom. The maximum Gasteiger partial charge on any atom is 0.129 e. The van der Waals surface area contributed by atoms with Crippen LogP contribution >= 0.6 is 27.5 Å². The van der Waals surface area contributed by atoms with Gasteiger partial charge in [0.2, 0.25) is 0 Å². The smallest absolute Gasteiger partial charge is 0.129 e. The van der Waals surface area contributed by atoms with E-state index in [1.54, 1.807) is 18.2 Å². The van der Waals surface area contributed by atoms with Crippen molar-refractivity contribution in [3.8, 4) is 0 Å². The largest absolute Gasteiger partial charge is 0.306 e. The van der Waals surface area contributed by atoms with Gasteiger partial charge in [0.25, 0.3) is 0 Å². The van der Waals surface area contributed by atoms with Gasteiger partial charge in [-0.2, -0.15) is 0 Å². The number of benzene rings is 2. The first-order valence-corrected chi connectivity index (χ1v) is 7.33. The van der Waals surface area contributed by atoms with Crippen molar-refractivity contribution in [2.75, 3.05) is 6.54 Å². The molecule has 0 aliphatic rings. The third kappa shape index (κ3) is 3.37. The summed E-state index contributed by atoms with van der Waals surface area (Å²) < 4.78 is 27.7. The second-order valence-electron chi connectivity index (χ2n) is 4.33. The second kappa shape index (κ2) is 6.66. The van der Waals surface area contributed by atoms with Crippen LogP contribution in [0.1, 0.15) is 24.1 Å². The predicted molar refractivity (Wildman–Crippen MR) is 81.0 cm³/mol. The molecule has 2 rings (SSSR count). The lowest BCUT2D eigenvalue weighted by Crippen LogP contribution is -2.23. The van der Waals surface area contributed by atoms with Gasteiger partial charge in [-0.05, 0) is 52.3 Å². The van der Waals surface area contributed by atoms with Crippen molar-refractivity contribution < 1.29 is 8.78 Å². The monoisotopic (exact) mass is 359 g/mol. The molecule has 0 bridgehead atoms. The average Bonchev–Trinajstić information content (AvgIpc) is 2.42. The van der Waals surface area contributed by atoms with E-state index in [2.05, 4.69) is 21.2 Å². The molecule has 0 aliphatic heterocycles. The van der Waals surface area contributed by atoms with Crippen LogP contribution in [-0.4, -0.2) is 6.54 Å². The molecule has 0 saturated carbocycles. The maximum absolute atomic E-state index is 14.2. The van der Waals surface area contributed by atoms with Crippen LogP contribution in [0.5, 0.6) is 0 Å². The highest BCUT2D eigenvalue weighted by Crippen LogP contribution is 2.31. The van der Waals surface area contributed by atoms with Gasteiger partial charge in [0.1, 0.15) is 11.6 Å². The van der Waals surface area contributed by atoms with Crippen molar-refractivity contribution >= 4 is 27.5 Å². The van der Waals surface area contributed by atoms with Gasteiger partial charge in [-0.3, -0.25) is 0 Å². The summed E-state index contributed by atoms with van der Waals surface area (Å²) in [5.41, 5.74) is 1.22. The second-order valence-corrected chi connectivity index (χ2v) is 5.59. The van der Waals surface area contributed by atoms with E-state index in [0.29, 0.717) is 21.6 Å². The molecule has 1 nitrogen and oxygen atoms in total. The number of halogens is 4. The molecule has 20 heavy (non-hydrogen) atoms. The van der Waals surface area contributed by atoms with Gasteiger partial charge < -0.3 is 5.32 Å². The van der Waals surface area contributed by atoms with Crippen LogP contribution in [0, 0.1) is 11.6 Å². The molecule has 2 aromatic rings. The van der Waals surface area contributed by atoms with Crippen molar-refractivity contribution in [2.24, 2.45) is 0 Å². The zero-order chi connectivity index (χ0) is 14.7. The lowest BCUT2D eigenvalue weighted by atomic mass is 9.98. The van der Waals surface area contributed by atoms with Gasteiger partial charge in [0, 0.05) is 10.0 Å². The Hall–Kier alpha value is -0.970. The lowest BCUT2D eigenvalue weighted by Gasteiger charge is -2.20. The van der Waals surface area contributed by atoms with E-state index in [9.17, 15) is 8.78 Å². The van der Waals surface area contributed by atoms with E-state index < -0.39 is 0 Å². The van der Waals surface area contributed by atoms with Gasteiger partial charge in [-0.25, -0.2) is 8.78 Å². The quantitative estimate of drug-likeness (QED) is 0.750. The Morgan fingerprint density at radius 3 is 2.45 bits per heavy atom. The highest BCUT2D eigenvalue weighted by molar-refractivity contribution is 9.10. The molecule has 0 amide bonds. The van der Waals surface area contributed by atoms with Crippen molar-refractivity contribution in [3.63, 3.8) is 0 Å². The first kappa shape index (κ1) is 15.4. The third-order valence-corrected chi connectivity index (χ3v) is 4.16. The van der Waals surface area contributed by atoms with Crippen LogP contribution in [0.4, 0.5) is 8.78 Å². The Labute approximate surface area is 130 Å². The zero-order valence-corrected chi connectivity index (χ0v) is 13.1. The Kier molecular flexibility index (Phi) is 5.13. The Balaban J connectivity index is 2.48. The van der Waals surface area contributed by atoms with Gasteiger partial charge in [0.15, 0.2) is 0 Å². The summed E-state index contributed by atoms with van der Waals surface area (Å²) in [7, 11) is 0. The lowest BCUT2D eigenvalue weighted by molar-refractivity contribution is 0.557. The first-order chi connectivity index (χ1) is 9.52. The minimum absolute atomic E-state index is 0.321. The highest BCUT2D eigenvalue weighted by Gasteiger charge is 2.18. The molecule has 0 saturated heterocycles. The topological polar surface area (TPSA) is 12.0 Å². The molecular weight excluding hydrogens is 348 g/mol. The van der Waals surface area contributed by atoms with E-state index >= 15 is 0 Å². The standard InChI is InChI=1S/C15H13BrClF2N/c1-2-20-15(9-3-5-10(18)6-4-9)11-7-13(17)12(16)8-14(11)19/h3-8,15,20H,2H2,1H3. The molecule has 2 aromatic carbocycles. The Morgan fingerprint density at radius 2 is 1.85 bits per heavy atom. The van der Waals surface area contributed by atoms with E-state index in [-0.39, 0.29) is 17.7 Å². The predicted octanol–water partition coefficient (Wildman–Crippen LogP) is 5.08. The summed E-state index contributed by atoms with van der Waals surface area (Å²) in [5, 5.41) is 3.62. The molecule has 1 N–H and O–H groups in total. The highest BCUT2D eigenvalue weighted by atomic mass is 79.9. The molecule has 106 valence electrons. The first-order valence-electron chi connectivity index (χ1n) is 6.16. The van der Waals surface area contributed by atoms with Crippen LogP contribution in [0.15, 0.2) is 40.9 Å². The molecule has 1 atom stereocenters. The third-order valence-electron chi connectivity index (χ3n) is 2.96. The van der Waals surface area contributed by atoms with Gasteiger partial charge in [0.05, 0.1) is 11.1 Å². The molecular formula is C15H13BrClF2N. The molecule has 0 spiro atoms. The summed E-state index contributed by atoms with van der Waals surface area (Å²) in [5.74, 6) is -0.685. The number of nitrogens with one attached hydrogen (secondary N) is 1. The molecule has 0 heterocycles. The van der Waals surface area contributed by atoms with Crippen LogP contribution in [0.25, 0.3) is 0 Å². The SMILES string of the molecule is CCNC(c1ccc(F)cc1)c1cc(Cl)c(Br)cc1F. The summed E-state index contributed by atoms with van der Waals surface area (Å²) in [6.07, 6.45) is 0. The molecule has 5 heteroatoms.